The average Bonchev–Trinajstić information content (AvgIpc) is 3.22. The zero-order valence-corrected chi connectivity index (χ0v) is 20.1. The summed E-state index contributed by atoms with van der Waals surface area (Å²) >= 11 is 0. The van der Waals surface area contributed by atoms with Gasteiger partial charge in [0.25, 0.3) is 5.91 Å². The van der Waals surface area contributed by atoms with Gasteiger partial charge in [-0.05, 0) is 74.9 Å². The first-order valence-electron chi connectivity index (χ1n) is 12.2. The number of pyridine rings is 1. The van der Waals surface area contributed by atoms with Crippen LogP contribution in [0, 0.1) is 0 Å². The number of alkyl halides is 3. The SMILES string of the molecule is C[C@H]1C[C@@H](NC(=O)CNC(=O)c2cccc(C(F)(F)F)c2)CN1C1CCC(O)(c2ccncc2)CC1. The van der Waals surface area contributed by atoms with Crippen molar-refractivity contribution in [2.24, 2.45) is 0 Å². The Morgan fingerprint density at radius 2 is 1.86 bits per heavy atom. The van der Waals surface area contributed by atoms with Crippen LogP contribution in [0.25, 0.3) is 0 Å². The second-order valence-electron chi connectivity index (χ2n) is 9.81. The van der Waals surface area contributed by atoms with Crippen LogP contribution in [0.5, 0.6) is 0 Å². The van der Waals surface area contributed by atoms with Gasteiger partial charge in [0, 0.05) is 42.6 Å². The quantitative estimate of drug-likeness (QED) is 0.562. The van der Waals surface area contributed by atoms with Crippen molar-refractivity contribution in [3.63, 3.8) is 0 Å². The molecular weight excluding hydrogens is 473 g/mol. The number of aliphatic hydroxyl groups is 1. The number of nitrogens with one attached hydrogen (secondary N) is 2. The van der Waals surface area contributed by atoms with Crippen LogP contribution in [0.15, 0.2) is 48.8 Å². The Morgan fingerprint density at radius 3 is 2.53 bits per heavy atom. The first-order valence-corrected chi connectivity index (χ1v) is 12.2. The second kappa shape index (κ2) is 10.6. The van der Waals surface area contributed by atoms with E-state index in [9.17, 15) is 27.9 Å². The number of hydrogen-bond acceptors (Lipinski definition) is 5. The molecule has 2 amide bonds. The number of carbonyl (C=O) groups is 2. The van der Waals surface area contributed by atoms with Gasteiger partial charge in [0.1, 0.15) is 0 Å². The average molecular weight is 505 g/mol. The lowest BCUT2D eigenvalue weighted by Gasteiger charge is -2.41. The molecule has 2 aliphatic rings. The van der Waals surface area contributed by atoms with Gasteiger partial charge in [-0.1, -0.05) is 6.07 Å². The molecular formula is C26H31F3N4O3. The first kappa shape index (κ1) is 26.1. The number of nitrogens with zero attached hydrogens (tertiary/aromatic N) is 2. The predicted octanol–water partition coefficient (Wildman–Crippen LogP) is 3.24. The monoisotopic (exact) mass is 504 g/mol. The molecule has 1 aliphatic heterocycles. The van der Waals surface area contributed by atoms with Gasteiger partial charge >= 0.3 is 6.18 Å². The highest BCUT2D eigenvalue weighted by Gasteiger charge is 2.40. The molecule has 2 heterocycles. The van der Waals surface area contributed by atoms with Gasteiger partial charge in [-0.2, -0.15) is 13.2 Å². The summed E-state index contributed by atoms with van der Waals surface area (Å²) in [5.41, 5.74) is -1.01. The van der Waals surface area contributed by atoms with Crippen molar-refractivity contribution in [2.75, 3.05) is 13.1 Å². The molecule has 0 spiro atoms. The molecule has 2 atom stereocenters. The van der Waals surface area contributed by atoms with Crippen LogP contribution in [0.4, 0.5) is 13.2 Å². The summed E-state index contributed by atoms with van der Waals surface area (Å²) in [7, 11) is 0. The molecule has 4 rings (SSSR count). The maximum atomic E-state index is 12.9. The van der Waals surface area contributed by atoms with Crippen molar-refractivity contribution in [1.29, 1.82) is 0 Å². The Hall–Kier alpha value is -2.98. The lowest BCUT2D eigenvalue weighted by Crippen LogP contribution is -2.46. The molecule has 0 unspecified atom stereocenters. The van der Waals surface area contributed by atoms with Crippen LogP contribution in [0.3, 0.4) is 0 Å². The summed E-state index contributed by atoms with van der Waals surface area (Å²) in [5, 5.41) is 16.4. The molecule has 1 aromatic carbocycles. The van der Waals surface area contributed by atoms with Crippen molar-refractivity contribution in [3.05, 3.63) is 65.5 Å². The van der Waals surface area contributed by atoms with E-state index in [1.807, 2.05) is 12.1 Å². The number of amides is 2. The zero-order valence-electron chi connectivity index (χ0n) is 20.1. The molecule has 194 valence electrons. The van der Waals surface area contributed by atoms with Crippen molar-refractivity contribution >= 4 is 11.8 Å². The summed E-state index contributed by atoms with van der Waals surface area (Å²) in [5.74, 6) is -1.12. The Balaban J connectivity index is 1.25. The lowest BCUT2D eigenvalue weighted by molar-refractivity contribution is -0.137. The molecule has 0 radical (unpaired) electrons. The molecule has 1 aliphatic carbocycles. The molecule has 0 bridgehead atoms. The molecule has 1 saturated heterocycles. The van der Waals surface area contributed by atoms with E-state index in [-0.39, 0.29) is 30.1 Å². The zero-order chi connectivity index (χ0) is 25.9. The maximum Gasteiger partial charge on any atom is 0.416 e. The fourth-order valence-electron chi connectivity index (χ4n) is 5.41. The highest BCUT2D eigenvalue weighted by atomic mass is 19.4. The van der Waals surface area contributed by atoms with Crippen LogP contribution < -0.4 is 10.6 Å². The van der Waals surface area contributed by atoms with E-state index in [2.05, 4.69) is 27.4 Å². The molecule has 10 heteroatoms. The summed E-state index contributed by atoms with van der Waals surface area (Å²) in [6, 6.07) is 8.29. The molecule has 1 saturated carbocycles. The van der Waals surface area contributed by atoms with Crippen LogP contribution in [0.1, 0.15) is 60.5 Å². The minimum absolute atomic E-state index is 0.0843. The van der Waals surface area contributed by atoms with E-state index < -0.39 is 23.2 Å². The largest absolute Gasteiger partial charge is 0.416 e. The molecule has 7 nitrogen and oxygen atoms in total. The van der Waals surface area contributed by atoms with Crippen molar-refractivity contribution in [1.82, 2.24) is 20.5 Å². The van der Waals surface area contributed by atoms with Gasteiger partial charge < -0.3 is 15.7 Å². The van der Waals surface area contributed by atoms with Crippen molar-refractivity contribution in [2.45, 2.75) is 68.9 Å². The number of hydrogen-bond donors (Lipinski definition) is 3. The molecule has 1 aromatic heterocycles. The molecule has 3 N–H and O–H groups in total. The van der Waals surface area contributed by atoms with Crippen LogP contribution in [0.2, 0.25) is 0 Å². The topological polar surface area (TPSA) is 94.6 Å². The van der Waals surface area contributed by atoms with Crippen molar-refractivity contribution < 1.29 is 27.9 Å². The third kappa shape index (κ3) is 6.04. The predicted molar refractivity (Wildman–Crippen MR) is 127 cm³/mol. The Bertz CT molecular complexity index is 1070. The van der Waals surface area contributed by atoms with E-state index in [4.69, 9.17) is 0 Å². The second-order valence-corrected chi connectivity index (χ2v) is 9.81. The first-order chi connectivity index (χ1) is 17.0. The molecule has 2 aromatic rings. The smallest absolute Gasteiger partial charge is 0.385 e. The number of aromatic nitrogens is 1. The summed E-state index contributed by atoms with van der Waals surface area (Å²) in [6.07, 6.45) is 2.60. The number of likely N-dealkylation sites (tertiary alicyclic amines) is 1. The van der Waals surface area contributed by atoms with Gasteiger partial charge in [0.2, 0.25) is 5.91 Å². The van der Waals surface area contributed by atoms with Crippen LogP contribution >= 0.6 is 0 Å². The highest BCUT2D eigenvalue weighted by Crippen LogP contribution is 2.40. The fraction of sp³-hybridized carbons (Fsp3) is 0.500. The third-order valence-electron chi connectivity index (χ3n) is 7.32. The van der Waals surface area contributed by atoms with E-state index in [1.165, 1.54) is 6.07 Å². The van der Waals surface area contributed by atoms with E-state index in [0.29, 0.717) is 25.4 Å². The summed E-state index contributed by atoms with van der Waals surface area (Å²) in [4.78, 5) is 31.1. The Labute approximate surface area is 208 Å². The molecule has 36 heavy (non-hydrogen) atoms. The fourth-order valence-corrected chi connectivity index (χ4v) is 5.41. The van der Waals surface area contributed by atoms with E-state index in [1.54, 1.807) is 12.4 Å². The van der Waals surface area contributed by atoms with Gasteiger partial charge in [-0.25, -0.2) is 0 Å². The maximum absolute atomic E-state index is 12.9. The van der Waals surface area contributed by atoms with E-state index in [0.717, 1.165) is 43.0 Å². The van der Waals surface area contributed by atoms with Gasteiger partial charge in [0.15, 0.2) is 0 Å². The van der Waals surface area contributed by atoms with Gasteiger partial charge in [-0.15, -0.1) is 0 Å². The number of halogens is 3. The Morgan fingerprint density at radius 1 is 1.17 bits per heavy atom. The lowest BCUT2D eigenvalue weighted by atomic mass is 9.77. The third-order valence-corrected chi connectivity index (χ3v) is 7.32. The summed E-state index contributed by atoms with van der Waals surface area (Å²) in [6.45, 7) is 2.47. The van der Waals surface area contributed by atoms with Crippen LogP contribution in [-0.4, -0.2) is 58.0 Å². The number of benzene rings is 1. The summed E-state index contributed by atoms with van der Waals surface area (Å²) < 4.78 is 38.6. The minimum Gasteiger partial charge on any atom is -0.385 e. The standard InChI is InChI=1S/C26H31F3N4O3/c1-17-13-21(16-33(17)22-5-9-25(36,10-6-22)19-7-11-30-12-8-19)32-23(34)15-31-24(35)18-3-2-4-20(14-18)26(27,28)29/h2-4,7-8,11-12,14,17,21-22,36H,5-6,9-10,13,15-16H2,1H3,(H,31,35)(H,32,34)/t17-,21+,22?,25?/m0/s1. The van der Waals surface area contributed by atoms with E-state index >= 15 is 0 Å². The minimum atomic E-state index is -4.55. The number of rotatable bonds is 6. The Kier molecular flexibility index (Phi) is 7.65. The van der Waals surface area contributed by atoms with Gasteiger partial charge in [0.05, 0.1) is 17.7 Å². The van der Waals surface area contributed by atoms with Gasteiger partial charge in [-0.3, -0.25) is 19.5 Å². The molecule has 2 fully saturated rings. The highest BCUT2D eigenvalue weighted by molar-refractivity contribution is 5.96. The van der Waals surface area contributed by atoms with Crippen molar-refractivity contribution in [3.8, 4) is 0 Å². The van der Waals surface area contributed by atoms with Crippen LogP contribution in [-0.2, 0) is 16.6 Å². The number of carbonyl (C=O) groups excluding carboxylic acids is 2. The normalized spacial score (nSPS) is 27.0.